The van der Waals surface area contributed by atoms with Crippen LogP contribution in [0.4, 0.5) is 5.82 Å². The standard InChI is InChI=1S/C13H14ClN3O/c1-8-6-10(4-5-11(8)14)18-13-9(2)12(15-3)16-7-17-13/h4-7H,1-3H3,(H,15,16,17). The monoisotopic (exact) mass is 263 g/mol. The third-order valence-corrected chi connectivity index (χ3v) is 3.04. The summed E-state index contributed by atoms with van der Waals surface area (Å²) in [4.78, 5) is 8.24. The van der Waals surface area contributed by atoms with Gasteiger partial charge >= 0.3 is 0 Å². The Balaban J connectivity index is 2.31. The maximum absolute atomic E-state index is 5.97. The number of anilines is 1. The van der Waals surface area contributed by atoms with Crippen LogP contribution in [-0.4, -0.2) is 17.0 Å². The molecule has 0 unspecified atom stereocenters. The number of aromatic nitrogens is 2. The van der Waals surface area contributed by atoms with E-state index in [2.05, 4.69) is 15.3 Å². The molecule has 1 aromatic carbocycles. The van der Waals surface area contributed by atoms with Crippen molar-refractivity contribution < 1.29 is 4.74 Å². The van der Waals surface area contributed by atoms with Crippen LogP contribution in [0.15, 0.2) is 24.5 Å². The summed E-state index contributed by atoms with van der Waals surface area (Å²) in [5, 5.41) is 3.71. The van der Waals surface area contributed by atoms with Crippen LogP contribution < -0.4 is 10.1 Å². The molecule has 0 aliphatic carbocycles. The average molecular weight is 264 g/mol. The van der Waals surface area contributed by atoms with Gasteiger partial charge in [0, 0.05) is 12.1 Å². The average Bonchev–Trinajstić information content (AvgIpc) is 2.36. The predicted molar refractivity (Wildman–Crippen MR) is 72.6 cm³/mol. The first kappa shape index (κ1) is 12.6. The first-order chi connectivity index (χ1) is 8.61. The molecule has 0 aliphatic rings. The van der Waals surface area contributed by atoms with E-state index in [9.17, 15) is 0 Å². The molecule has 2 aromatic rings. The van der Waals surface area contributed by atoms with Gasteiger partial charge in [0.15, 0.2) is 0 Å². The number of ether oxygens (including phenoxy) is 1. The van der Waals surface area contributed by atoms with Crippen molar-refractivity contribution in [3.05, 3.63) is 40.7 Å². The van der Waals surface area contributed by atoms with Crippen LogP contribution >= 0.6 is 11.6 Å². The fraction of sp³-hybridized carbons (Fsp3) is 0.231. The van der Waals surface area contributed by atoms with Crippen LogP contribution in [0.3, 0.4) is 0 Å². The van der Waals surface area contributed by atoms with E-state index in [-0.39, 0.29) is 0 Å². The van der Waals surface area contributed by atoms with Crippen molar-refractivity contribution in [2.75, 3.05) is 12.4 Å². The highest BCUT2D eigenvalue weighted by molar-refractivity contribution is 6.31. The Kier molecular flexibility index (Phi) is 3.67. The number of nitrogens with zero attached hydrogens (tertiary/aromatic N) is 2. The smallest absolute Gasteiger partial charge is 0.227 e. The van der Waals surface area contributed by atoms with Crippen molar-refractivity contribution in [1.82, 2.24) is 9.97 Å². The van der Waals surface area contributed by atoms with Gasteiger partial charge in [-0.05, 0) is 37.6 Å². The molecule has 0 spiro atoms. The van der Waals surface area contributed by atoms with Crippen LogP contribution in [0.2, 0.25) is 5.02 Å². The number of nitrogens with one attached hydrogen (secondary N) is 1. The van der Waals surface area contributed by atoms with E-state index in [1.54, 1.807) is 0 Å². The number of benzene rings is 1. The van der Waals surface area contributed by atoms with Gasteiger partial charge in [0.05, 0.1) is 5.56 Å². The van der Waals surface area contributed by atoms with Crippen molar-refractivity contribution in [2.24, 2.45) is 0 Å². The van der Waals surface area contributed by atoms with E-state index in [1.165, 1.54) is 6.33 Å². The molecule has 0 atom stereocenters. The zero-order valence-corrected chi connectivity index (χ0v) is 11.2. The van der Waals surface area contributed by atoms with Gasteiger partial charge in [0.25, 0.3) is 0 Å². The first-order valence-corrected chi connectivity index (χ1v) is 5.93. The van der Waals surface area contributed by atoms with Crippen molar-refractivity contribution in [2.45, 2.75) is 13.8 Å². The fourth-order valence-electron chi connectivity index (χ4n) is 1.58. The molecule has 1 N–H and O–H groups in total. The minimum Gasteiger partial charge on any atom is -0.439 e. The molecular weight excluding hydrogens is 250 g/mol. The van der Waals surface area contributed by atoms with E-state index < -0.39 is 0 Å². The Hall–Kier alpha value is -1.81. The summed E-state index contributed by atoms with van der Waals surface area (Å²) < 4.78 is 5.74. The highest BCUT2D eigenvalue weighted by atomic mass is 35.5. The molecule has 18 heavy (non-hydrogen) atoms. The summed E-state index contributed by atoms with van der Waals surface area (Å²) in [5.41, 5.74) is 1.84. The van der Waals surface area contributed by atoms with E-state index in [0.29, 0.717) is 11.6 Å². The molecule has 0 aliphatic heterocycles. The Morgan fingerprint density at radius 1 is 1.22 bits per heavy atom. The summed E-state index contributed by atoms with van der Waals surface area (Å²) >= 11 is 5.97. The number of rotatable bonds is 3. The lowest BCUT2D eigenvalue weighted by molar-refractivity contribution is 0.457. The van der Waals surface area contributed by atoms with Gasteiger partial charge in [-0.1, -0.05) is 11.6 Å². The molecule has 1 aromatic heterocycles. The first-order valence-electron chi connectivity index (χ1n) is 5.55. The minimum atomic E-state index is 0.538. The van der Waals surface area contributed by atoms with Crippen LogP contribution in [-0.2, 0) is 0 Å². The third-order valence-electron chi connectivity index (χ3n) is 2.62. The largest absolute Gasteiger partial charge is 0.439 e. The molecular formula is C13H14ClN3O. The quantitative estimate of drug-likeness (QED) is 0.919. The van der Waals surface area contributed by atoms with Gasteiger partial charge in [-0.2, -0.15) is 0 Å². The van der Waals surface area contributed by atoms with E-state index in [1.807, 2.05) is 39.1 Å². The normalized spacial score (nSPS) is 10.2. The molecule has 0 saturated carbocycles. The molecule has 0 saturated heterocycles. The van der Waals surface area contributed by atoms with Crippen LogP contribution in [0.5, 0.6) is 11.6 Å². The lowest BCUT2D eigenvalue weighted by atomic mass is 10.2. The zero-order valence-electron chi connectivity index (χ0n) is 10.5. The molecule has 5 heteroatoms. The van der Waals surface area contributed by atoms with E-state index >= 15 is 0 Å². The summed E-state index contributed by atoms with van der Waals surface area (Å²) in [6.07, 6.45) is 1.47. The number of hydrogen-bond acceptors (Lipinski definition) is 4. The topological polar surface area (TPSA) is 47.0 Å². The van der Waals surface area contributed by atoms with Gasteiger partial charge in [-0.25, -0.2) is 9.97 Å². The Bertz CT molecular complexity index is 572. The lowest BCUT2D eigenvalue weighted by Gasteiger charge is -2.10. The summed E-state index contributed by atoms with van der Waals surface area (Å²) in [6.45, 7) is 3.84. The van der Waals surface area contributed by atoms with Gasteiger partial charge < -0.3 is 10.1 Å². The Morgan fingerprint density at radius 2 is 2.00 bits per heavy atom. The SMILES string of the molecule is CNc1ncnc(Oc2ccc(Cl)c(C)c2)c1C. The second-order valence-corrected chi connectivity index (χ2v) is 4.32. The molecule has 4 nitrogen and oxygen atoms in total. The second kappa shape index (κ2) is 5.23. The molecule has 0 bridgehead atoms. The summed E-state index contributed by atoms with van der Waals surface area (Å²) in [7, 11) is 1.81. The minimum absolute atomic E-state index is 0.538. The van der Waals surface area contributed by atoms with Gasteiger partial charge in [-0.3, -0.25) is 0 Å². The number of hydrogen-bond donors (Lipinski definition) is 1. The summed E-state index contributed by atoms with van der Waals surface area (Å²) in [6, 6.07) is 5.50. The number of halogens is 1. The van der Waals surface area contributed by atoms with Crippen molar-refractivity contribution in [1.29, 1.82) is 0 Å². The zero-order chi connectivity index (χ0) is 13.1. The maximum Gasteiger partial charge on any atom is 0.227 e. The van der Waals surface area contributed by atoms with Crippen LogP contribution in [0, 0.1) is 13.8 Å². The van der Waals surface area contributed by atoms with Gasteiger partial charge in [0.2, 0.25) is 5.88 Å². The molecule has 1 heterocycles. The molecule has 0 amide bonds. The molecule has 0 fully saturated rings. The highest BCUT2D eigenvalue weighted by Gasteiger charge is 2.08. The van der Waals surface area contributed by atoms with Crippen molar-refractivity contribution in [3.63, 3.8) is 0 Å². The Morgan fingerprint density at radius 3 is 2.67 bits per heavy atom. The van der Waals surface area contributed by atoms with Crippen LogP contribution in [0.25, 0.3) is 0 Å². The lowest BCUT2D eigenvalue weighted by Crippen LogP contribution is -1.99. The maximum atomic E-state index is 5.97. The summed E-state index contributed by atoms with van der Waals surface area (Å²) in [5.74, 6) is 2.00. The van der Waals surface area contributed by atoms with Crippen molar-refractivity contribution in [3.8, 4) is 11.6 Å². The third kappa shape index (κ3) is 2.54. The highest BCUT2D eigenvalue weighted by Crippen LogP contribution is 2.28. The van der Waals surface area contributed by atoms with E-state index in [4.69, 9.17) is 16.3 Å². The van der Waals surface area contributed by atoms with Crippen molar-refractivity contribution >= 4 is 17.4 Å². The second-order valence-electron chi connectivity index (χ2n) is 3.92. The number of aryl methyl sites for hydroxylation is 1. The van der Waals surface area contributed by atoms with E-state index in [0.717, 1.165) is 22.0 Å². The van der Waals surface area contributed by atoms with Gasteiger partial charge in [0.1, 0.15) is 17.9 Å². The van der Waals surface area contributed by atoms with Crippen LogP contribution in [0.1, 0.15) is 11.1 Å². The Labute approximate surface area is 111 Å². The predicted octanol–water partition coefficient (Wildman–Crippen LogP) is 3.58. The fourth-order valence-corrected chi connectivity index (χ4v) is 1.70. The van der Waals surface area contributed by atoms with Gasteiger partial charge in [-0.15, -0.1) is 0 Å². The molecule has 2 rings (SSSR count). The molecule has 0 radical (unpaired) electrons. The molecule has 94 valence electrons.